The summed E-state index contributed by atoms with van der Waals surface area (Å²) < 4.78 is 5.10. The number of imide groups is 1. The van der Waals surface area contributed by atoms with Crippen LogP contribution in [0.25, 0.3) is 6.08 Å². The number of carbonyl (C=O) groups excluding carboxylic acids is 2. The lowest BCUT2D eigenvalue weighted by atomic mass is 10.0. The largest absolute Gasteiger partial charge is 0.504 e. The Balaban J connectivity index is 2.44. The molecule has 0 radical (unpaired) electrons. The highest BCUT2D eigenvalue weighted by Gasteiger charge is 2.23. The molecule has 0 atom stereocenters. The molecule has 104 valence electrons. The average molecular weight is 273 g/mol. The van der Waals surface area contributed by atoms with Gasteiger partial charge < -0.3 is 9.84 Å². The predicted molar refractivity (Wildman–Crippen MR) is 74.3 cm³/mol. The molecule has 20 heavy (non-hydrogen) atoms. The Hall–Kier alpha value is -2.56. The van der Waals surface area contributed by atoms with Crippen LogP contribution in [-0.2, 0) is 16.0 Å². The van der Waals surface area contributed by atoms with Crippen LogP contribution in [0.15, 0.2) is 30.4 Å². The second-order valence-corrected chi connectivity index (χ2v) is 4.45. The molecule has 2 rings (SSSR count). The molecule has 1 aliphatic heterocycles. The number of allylic oxidation sites excluding steroid dienone is 1. The predicted octanol–water partition coefficient (Wildman–Crippen LogP) is 1.56. The number of phenols is 1. The first kappa shape index (κ1) is 13.9. The van der Waals surface area contributed by atoms with Gasteiger partial charge in [-0.05, 0) is 30.2 Å². The molecular weight excluding hydrogens is 258 g/mol. The van der Waals surface area contributed by atoms with Crippen LogP contribution in [-0.4, -0.2) is 24.0 Å². The molecule has 1 fully saturated rings. The van der Waals surface area contributed by atoms with E-state index in [2.05, 4.69) is 11.9 Å². The number of hydrogen-bond donors (Lipinski definition) is 2. The molecule has 5 heteroatoms. The zero-order chi connectivity index (χ0) is 14.7. The van der Waals surface area contributed by atoms with Crippen LogP contribution in [0.5, 0.6) is 11.5 Å². The van der Waals surface area contributed by atoms with Crippen molar-refractivity contribution in [1.82, 2.24) is 5.32 Å². The quantitative estimate of drug-likeness (QED) is 0.496. The Morgan fingerprint density at radius 2 is 2.20 bits per heavy atom. The van der Waals surface area contributed by atoms with Gasteiger partial charge in [-0.3, -0.25) is 14.9 Å². The summed E-state index contributed by atoms with van der Waals surface area (Å²) in [6.07, 6.45) is 3.83. The van der Waals surface area contributed by atoms with Gasteiger partial charge in [0.15, 0.2) is 11.5 Å². The topological polar surface area (TPSA) is 75.6 Å². The van der Waals surface area contributed by atoms with Crippen LogP contribution in [0, 0.1) is 0 Å². The van der Waals surface area contributed by atoms with E-state index in [1.165, 1.54) is 7.11 Å². The van der Waals surface area contributed by atoms with Crippen LogP contribution in [0.4, 0.5) is 0 Å². The number of rotatable bonds is 4. The first-order chi connectivity index (χ1) is 9.55. The fraction of sp³-hybridized carbons (Fsp3) is 0.200. The van der Waals surface area contributed by atoms with Crippen molar-refractivity contribution in [3.05, 3.63) is 41.5 Å². The lowest BCUT2D eigenvalue weighted by Crippen LogP contribution is -2.19. The Labute approximate surface area is 116 Å². The molecule has 0 aromatic heterocycles. The highest BCUT2D eigenvalue weighted by Crippen LogP contribution is 2.33. The normalized spacial score (nSPS) is 16.4. The standard InChI is InChI=1S/C15H15NO4/c1-3-4-10-5-9(7-12(20-2)14(10)18)6-11-8-13(17)16-15(11)19/h3,5-7,18H,1,4,8H2,2H3,(H,16,17,19). The SMILES string of the molecule is C=CCc1cc(C=C2CC(=O)NC2=O)cc(OC)c1O. The molecule has 2 amide bonds. The Morgan fingerprint density at radius 1 is 1.45 bits per heavy atom. The van der Waals surface area contributed by atoms with Crippen LogP contribution in [0.1, 0.15) is 17.5 Å². The van der Waals surface area contributed by atoms with Crippen LogP contribution in [0.3, 0.4) is 0 Å². The van der Waals surface area contributed by atoms with Gasteiger partial charge in [0.2, 0.25) is 5.91 Å². The Kier molecular flexibility index (Phi) is 3.89. The van der Waals surface area contributed by atoms with Crippen molar-refractivity contribution in [2.24, 2.45) is 0 Å². The highest BCUT2D eigenvalue weighted by atomic mass is 16.5. The van der Waals surface area contributed by atoms with Crippen molar-refractivity contribution >= 4 is 17.9 Å². The van der Waals surface area contributed by atoms with E-state index < -0.39 is 0 Å². The van der Waals surface area contributed by atoms with E-state index in [1.54, 1.807) is 24.3 Å². The van der Waals surface area contributed by atoms with Crippen LogP contribution in [0.2, 0.25) is 0 Å². The summed E-state index contributed by atoms with van der Waals surface area (Å²) >= 11 is 0. The number of benzene rings is 1. The number of aromatic hydroxyl groups is 1. The average Bonchev–Trinajstić information content (AvgIpc) is 2.71. The van der Waals surface area contributed by atoms with Crippen LogP contribution < -0.4 is 10.1 Å². The number of amides is 2. The van der Waals surface area contributed by atoms with Crippen molar-refractivity contribution in [2.75, 3.05) is 7.11 Å². The Bertz CT molecular complexity index is 617. The number of methoxy groups -OCH3 is 1. The fourth-order valence-corrected chi connectivity index (χ4v) is 2.06. The zero-order valence-electron chi connectivity index (χ0n) is 11.1. The van der Waals surface area contributed by atoms with Gasteiger partial charge in [0.25, 0.3) is 5.91 Å². The van der Waals surface area contributed by atoms with Gasteiger partial charge in [0, 0.05) is 11.1 Å². The third kappa shape index (κ3) is 2.71. The minimum absolute atomic E-state index is 0.0569. The molecule has 0 aliphatic carbocycles. The maximum absolute atomic E-state index is 11.5. The molecule has 1 aliphatic rings. The summed E-state index contributed by atoms with van der Waals surface area (Å²) in [7, 11) is 1.45. The third-order valence-corrected chi connectivity index (χ3v) is 3.00. The van der Waals surface area contributed by atoms with Gasteiger partial charge in [0.05, 0.1) is 13.5 Å². The smallest absolute Gasteiger partial charge is 0.254 e. The molecule has 1 saturated heterocycles. The first-order valence-electron chi connectivity index (χ1n) is 6.10. The second kappa shape index (κ2) is 5.61. The molecule has 1 heterocycles. The minimum Gasteiger partial charge on any atom is -0.504 e. The van der Waals surface area contributed by atoms with Crippen molar-refractivity contribution in [3.8, 4) is 11.5 Å². The van der Waals surface area contributed by atoms with Gasteiger partial charge >= 0.3 is 0 Å². The molecule has 2 N–H and O–H groups in total. The summed E-state index contributed by atoms with van der Waals surface area (Å²) in [4.78, 5) is 22.7. The van der Waals surface area contributed by atoms with E-state index in [0.717, 1.165) is 0 Å². The lowest BCUT2D eigenvalue weighted by Gasteiger charge is -2.09. The molecule has 0 bridgehead atoms. The van der Waals surface area contributed by atoms with Crippen molar-refractivity contribution in [1.29, 1.82) is 0 Å². The maximum atomic E-state index is 11.5. The number of nitrogens with one attached hydrogen (secondary N) is 1. The van der Waals surface area contributed by atoms with Gasteiger partial charge in [-0.15, -0.1) is 6.58 Å². The van der Waals surface area contributed by atoms with Gasteiger partial charge in [-0.1, -0.05) is 6.08 Å². The highest BCUT2D eigenvalue weighted by molar-refractivity contribution is 6.15. The molecule has 5 nitrogen and oxygen atoms in total. The monoisotopic (exact) mass is 273 g/mol. The van der Waals surface area contributed by atoms with E-state index in [9.17, 15) is 14.7 Å². The van der Waals surface area contributed by atoms with Gasteiger partial charge in [-0.25, -0.2) is 0 Å². The van der Waals surface area contributed by atoms with E-state index >= 15 is 0 Å². The number of hydrogen-bond acceptors (Lipinski definition) is 4. The van der Waals surface area contributed by atoms with Gasteiger partial charge in [0.1, 0.15) is 0 Å². The fourth-order valence-electron chi connectivity index (χ4n) is 2.06. The minimum atomic E-state index is -0.382. The Morgan fingerprint density at radius 3 is 2.75 bits per heavy atom. The van der Waals surface area contributed by atoms with E-state index in [4.69, 9.17) is 4.74 Å². The summed E-state index contributed by atoms with van der Waals surface area (Å²) in [5.74, 6) is -0.312. The number of carbonyl (C=O) groups is 2. The van der Waals surface area contributed by atoms with E-state index in [-0.39, 0.29) is 24.0 Å². The summed E-state index contributed by atoms with van der Waals surface area (Å²) in [5.41, 5.74) is 1.74. The molecule has 0 unspecified atom stereocenters. The van der Waals surface area contributed by atoms with Crippen molar-refractivity contribution in [2.45, 2.75) is 12.8 Å². The molecule has 1 aromatic carbocycles. The van der Waals surface area contributed by atoms with Gasteiger partial charge in [-0.2, -0.15) is 0 Å². The third-order valence-electron chi connectivity index (χ3n) is 3.00. The summed E-state index contributed by atoms with van der Waals surface area (Å²) in [6, 6.07) is 3.35. The van der Waals surface area contributed by atoms with E-state index in [0.29, 0.717) is 28.9 Å². The lowest BCUT2D eigenvalue weighted by molar-refractivity contribution is -0.124. The summed E-state index contributed by atoms with van der Waals surface area (Å²) in [5, 5.41) is 12.2. The first-order valence-corrected chi connectivity index (χ1v) is 6.10. The zero-order valence-corrected chi connectivity index (χ0v) is 11.1. The van der Waals surface area contributed by atoms with Crippen molar-refractivity contribution < 1.29 is 19.4 Å². The summed E-state index contributed by atoms with van der Waals surface area (Å²) in [6.45, 7) is 3.63. The van der Waals surface area contributed by atoms with Crippen molar-refractivity contribution in [3.63, 3.8) is 0 Å². The number of ether oxygens (including phenoxy) is 1. The molecule has 1 aromatic rings. The van der Waals surface area contributed by atoms with E-state index in [1.807, 2.05) is 0 Å². The maximum Gasteiger partial charge on any atom is 0.254 e. The molecular formula is C15H15NO4. The second-order valence-electron chi connectivity index (χ2n) is 4.45. The molecule has 0 saturated carbocycles. The number of phenolic OH excluding ortho intramolecular Hbond substituents is 1. The molecule has 0 spiro atoms. The van der Waals surface area contributed by atoms with Crippen LogP contribution >= 0.6 is 0 Å².